The van der Waals surface area contributed by atoms with Crippen molar-refractivity contribution >= 4 is 17.5 Å². The number of rotatable bonds is 4. The minimum absolute atomic E-state index is 0.154. The second-order valence-corrected chi connectivity index (χ2v) is 4.32. The van der Waals surface area contributed by atoms with E-state index in [4.69, 9.17) is 16.3 Å². The van der Waals surface area contributed by atoms with E-state index in [0.29, 0.717) is 23.3 Å². The summed E-state index contributed by atoms with van der Waals surface area (Å²) in [6.45, 7) is 4.42. The maximum absolute atomic E-state index is 13.6. The molecule has 0 radical (unpaired) electrons. The molecule has 100 valence electrons. The number of ether oxygens (including phenoxy) is 1. The highest BCUT2D eigenvalue weighted by Crippen LogP contribution is 2.30. The molecule has 2 rings (SSSR count). The monoisotopic (exact) mass is 281 g/mol. The van der Waals surface area contributed by atoms with Gasteiger partial charge in [0.1, 0.15) is 5.75 Å². The number of aromatic nitrogens is 2. The molecule has 6 heteroatoms. The zero-order chi connectivity index (χ0) is 13.8. The molecule has 2 aromatic rings. The third-order valence-corrected chi connectivity index (χ3v) is 2.65. The van der Waals surface area contributed by atoms with Gasteiger partial charge in [0.15, 0.2) is 0 Å². The second-order valence-electron chi connectivity index (χ2n) is 3.91. The van der Waals surface area contributed by atoms with Gasteiger partial charge in [0.2, 0.25) is 11.8 Å². The van der Waals surface area contributed by atoms with Crippen LogP contribution in [0.3, 0.4) is 0 Å². The van der Waals surface area contributed by atoms with Crippen LogP contribution in [0, 0.1) is 12.7 Å². The smallest absolute Gasteiger partial charge is 0.260 e. The summed E-state index contributed by atoms with van der Waals surface area (Å²) in [6.07, 6.45) is 1.06. The molecule has 19 heavy (non-hydrogen) atoms. The van der Waals surface area contributed by atoms with Gasteiger partial charge in [0, 0.05) is 6.54 Å². The van der Waals surface area contributed by atoms with Crippen molar-refractivity contribution in [3.8, 4) is 11.6 Å². The fourth-order valence-electron chi connectivity index (χ4n) is 1.46. The van der Waals surface area contributed by atoms with E-state index in [1.54, 1.807) is 12.1 Å². The van der Waals surface area contributed by atoms with Crippen molar-refractivity contribution in [2.24, 2.45) is 0 Å². The molecule has 0 aliphatic rings. The molecule has 0 saturated carbocycles. The summed E-state index contributed by atoms with van der Waals surface area (Å²) in [5.41, 5.74) is 0.959. The zero-order valence-electron chi connectivity index (χ0n) is 10.6. The van der Waals surface area contributed by atoms with Gasteiger partial charge in [0.05, 0.1) is 11.2 Å². The Hall–Kier alpha value is -1.88. The molecule has 0 spiro atoms. The maximum Gasteiger partial charge on any atom is 0.260 e. The normalized spacial score (nSPS) is 10.3. The number of aryl methyl sites for hydroxylation is 1. The lowest BCUT2D eigenvalue weighted by Gasteiger charge is -2.09. The van der Waals surface area contributed by atoms with Gasteiger partial charge in [-0.2, -0.15) is 9.37 Å². The van der Waals surface area contributed by atoms with Crippen molar-refractivity contribution in [3.05, 3.63) is 40.8 Å². The highest BCUT2D eigenvalue weighted by atomic mass is 35.5. The van der Waals surface area contributed by atoms with E-state index in [-0.39, 0.29) is 5.88 Å². The van der Waals surface area contributed by atoms with Crippen LogP contribution in [0.5, 0.6) is 11.6 Å². The highest BCUT2D eigenvalue weighted by molar-refractivity contribution is 6.32. The predicted octanol–water partition coefficient (Wildman–Crippen LogP) is 3.80. The van der Waals surface area contributed by atoms with Crippen molar-refractivity contribution in [1.29, 1.82) is 0 Å². The molecule has 1 N–H and O–H groups in total. The minimum Gasteiger partial charge on any atom is -0.435 e. The summed E-state index contributed by atoms with van der Waals surface area (Å²) in [5.74, 6) is -0.123. The van der Waals surface area contributed by atoms with E-state index in [1.807, 2.05) is 19.9 Å². The number of hydrogen-bond donors (Lipinski definition) is 1. The molecule has 0 bridgehead atoms. The molecule has 0 saturated heterocycles. The lowest BCUT2D eigenvalue weighted by atomic mass is 10.2. The predicted molar refractivity (Wildman–Crippen MR) is 72.4 cm³/mol. The van der Waals surface area contributed by atoms with Crippen molar-refractivity contribution in [2.75, 3.05) is 11.9 Å². The molecule has 0 atom stereocenters. The van der Waals surface area contributed by atoms with Crippen LogP contribution in [0.2, 0.25) is 5.02 Å². The summed E-state index contributed by atoms with van der Waals surface area (Å²) < 4.78 is 19.0. The van der Waals surface area contributed by atoms with E-state index >= 15 is 0 Å². The molecule has 0 aliphatic carbocycles. The Labute approximate surface area is 115 Å². The first-order chi connectivity index (χ1) is 9.10. The average Bonchev–Trinajstić information content (AvgIpc) is 2.38. The van der Waals surface area contributed by atoms with Crippen LogP contribution in [-0.2, 0) is 0 Å². The molecular weight excluding hydrogens is 269 g/mol. The molecule has 1 aromatic heterocycles. The maximum atomic E-state index is 13.6. The van der Waals surface area contributed by atoms with Crippen LogP contribution in [0.25, 0.3) is 0 Å². The Balaban J connectivity index is 2.31. The summed E-state index contributed by atoms with van der Waals surface area (Å²) in [5, 5.41) is 3.28. The molecule has 1 aromatic carbocycles. The SMILES string of the molecule is CCNc1ncc(F)c(Oc2cc(C)ccc2Cl)n1. The van der Waals surface area contributed by atoms with E-state index in [2.05, 4.69) is 15.3 Å². The van der Waals surface area contributed by atoms with Crippen molar-refractivity contribution in [3.63, 3.8) is 0 Å². The summed E-state index contributed by atoms with van der Waals surface area (Å²) in [6, 6.07) is 5.25. The molecule has 0 unspecified atom stereocenters. The summed E-state index contributed by atoms with van der Waals surface area (Å²) >= 11 is 5.99. The molecule has 4 nitrogen and oxygen atoms in total. The van der Waals surface area contributed by atoms with Crippen LogP contribution in [0.1, 0.15) is 12.5 Å². The summed E-state index contributed by atoms with van der Waals surface area (Å²) in [7, 11) is 0. The standard InChI is InChI=1S/C13H13ClFN3O/c1-3-16-13-17-7-10(15)12(18-13)19-11-6-8(2)4-5-9(11)14/h4-7H,3H2,1-2H3,(H,16,17,18). The van der Waals surface area contributed by atoms with Gasteiger partial charge < -0.3 is 10.1 Å². The van der Waals surface area contributed by atoms with Gasteiger partial charge in [-0.15, -0.1) is 0 Å². The Morgan fingerprint density at radius 3 is 2.95 bits per heavy atom. The first kappa shape index (κ1) is 13.5. The first-order valence-electron chi connectivity index (χ1n) is 5.80. The fourth-order valence-corrected chi connectivity index (χ4v) is 1.62. The van der Waals surface area contributed by atoms with Crippen LogP contribution < -0.4 is 10.1 Å². The third-order valence-electron chi connectivity index (χ3n) is 2.34. The third kappa shape index (κ3) is 3.32. The Morgan fingerprint density at radius 2 is 2.21 bits per heavy atom. The number of benzene rings is 1. The van der Waals surface area contributed by atoms with Crippen molar-refractivity contribution in [2.45, 2.75) is 13.8 Å². The molecule has 0 aliphatic heterocycles. The van der Waals surface area contributed by atoms with Crippen molar-refractivity contribution < 1.29 is 9.13 Å². The van der Waals surface area contributed by atoms with E-state index in [9.17, 15) is 4.39 Å². The van der Waals surface area contributed by atoms with Gasteiger partial charge in [0.25, 0.3) is 5.88 Å². The molecule has 1 heterocycles. The summed E-state index contributed by atoms with van der Waals surface area (Å²) in [4.78, 5) is 7.75. The number of halogens is 2. The number of nitrogens with zero attached hydrogens (tertiary/aromatic N) is 2. The van der Waals surface area contributed by atoms with E-state index < -0.39 is 5.82 Å². The van der Waals surface area contributed by atoms with Crippen molar-refractivity contribution in [1.82, 2.24) is 9.97 Å². The lowest BCUT2D eigenvalue weighted by molar-refractivity contribution is 0.420. The van der Waals surface area contributed by atoms with E-state index in [0.717, 1.165) is 11.8 Å². The number of hydrogen-bond acceptors (Lipinski definition) is 4. The highest BCUT2D eigenvalue weighted by Gasteiger charge is 2.11. The zero-order valence-corrected chi connectivity index (χ0v) is 11.3. The van der Waals surface area contributed by atoms with Gasteiger partial charge >= 0.3 is 0 Å². The Bertz CT molecular complexity index is 592. The lowest BCUT2D eigenvalue weighted by Crippen LogP contribution is -2.04. The molecule has 0 fully saturated rings. The molecule has 0 amide bonds. The van der Waals surface area contributed by atoms with Gasteiger partial charge in [-0.3, -0.25) is 0 Å². The van der Waals surface area contributed by atoms with Gasteiger partial charge in [-0.25, -0.2) is 4.98 Å². The quantitative estimate of drug-likeness (QED) is 0.926. The first-order valence-corrected chi connectivity index (χ1v) is 6.18. The average molecular weight is 282 g/mol. The molecular formula is C13H13ClFN3O. The Morgan fingerprint density at radius 1 is 1.42 bits per heavy atom. The number of anilines is 1. The van der Waals surface area contributed by atoms with Gasteiger partial charge in [-0.05, 0) is 31.5 Å². The second kappa shape index (κ2) is 5.84. The fraction of sp³-hybridized carbons (Fsp3) is 0.231. The largest absolute Gasteiger partial charge is 0.435 e. The van der Waals surface area contributed by atoms with Gasteiger partial charge in [-0.1, -0.05) is 17.7 Å². The minimum atomic E-state index is -0.640. The number of nitrogens with one attached hydrogen (secondary N) is 1. The topological polar surface area (TPSA) is 47.0 Å². The van der Waals surface area contributed by atoms with E-state index in [1.165, 1.54) is 0 Å². The van der Waals surface area contributed by atoms with Crippen LogP contribution in [0.15, 0.2) is 24.4 Å². The Kier molecular flexibility index (Phi) is 4.16. The van der Waals surface area contributed by atoms with Crippen LogP contribution in [-0.4, -0.2) is 16.5 Å². The van der Waals surface area contributed by atoms with Crippen LogP contribution in [0.4, 0.5) is 10.3 Å². The van der Waals surface area contributed by atoms with Crippen LogP contribution >= 0.6 is 11.6 Å².